The van der Waals surface area contributed by atoms with Gasteiger partial charge in [0.05, 0.1) is 27.5 Å². The van der Waals surface area contributed by atoms with Crippen LogP contribution in [0.25, 0.3) is 17.4 Å². The fourth-order valence-corrected chi connectivity index (χ4v) is 4.35. The Morgan fingerprint density at radius 3 is 2.70 bits per heavy atom. The van der Waals surface area contributed by atoms with E-state index in [2.05, 4.69) is 10.1 Å². The highest BCUT2D eigenvalue weighted by Crippen LogP contribution is 2.34. The number of nitro groups is 1. The normalized spacial score (nSPS) is 14.2. The second-order valence-corrected chi connectivity index (χ2v) is 8.91. The summed E-state index contributed by atoms with van der Waals surface area (Å²) in [4.78, 5) is 60.7. The topological polar surface area (TPSA) is 149 Å². The number of hydrogen-bond donors (Lipinski definition) is 1. The first-order chi connectivity index (χ1) is 17.7. The number of nitrogens with zero attached hydrogens (tertiary/aromatic N) is 2. The molecule has 13 heteroatoms. The summed E-state index contributed by atoms with van der Waals surface area (Å²) in [6.07, 6.45) is 1.35. The quantitative estimate of drug-likeness (QED) is 0.189. The maximum absolute atomic E-state index is 12.8. The van der Waals surface area contributed by atoms with E-state index >= 15 is 0 Å². The number of rotatable bonds is 7. The van der Waals surface area contributed by atoms with Crippen molar-refractivity contribution >= 4 is 63.8 Å². The Kier molecular flexibility index (Phi) is 7.41. The molecule has 2 aromatic carbocycles. The molecule has 0 saturated carbocycles. The number of amides is 3. The van der Waals surface area contributed by atoms with Crippen LogP contribution in [0, 0.1) is 10.1 Å². The van der Waals surface area contributed by atoms with Crippen molar-refractivity contribution in [3.8, 4) is 11.3 Å². The smallest absolute Gasteiger partial charge is 0.339 e. The van der Waals surface area contributed by atoms with E-state index in [1.807, 2.05) is 0 Å². The number of methoxy groups -OCH3 is 1. The van der Waals surface area contributed by atoms with E-state index < -0.39 is 34.5 Å². The molecule has 1 N–H and O–H groups in total. The van der Waals surface area contributed by atoms with E-state index in [9.17, 15) is 29.3 Å². The van der Waals surface area contributed by atoms with Crippen LogP contribution in [-0.2, 0) is 14.3 Å². The molecule has 0 radical (unpaired) electrons. The molecule has 0 aliphatic carbocycles. The highest BCUT2D eigenvalue weighted by atomic mass is 35.5. The van der Waals surface area contributed by atoms with Crippen LogP contribution < -0.4 is 5.32 Å². The second kappa shape index (κ2) is 10.7. The van der Waals surface area contributed by atoms with Gasteiger partial charge in [0.1, 0.15) is 18.1 Å². The Morgan fingerprint density at radius 2 is 1.97 bits per heavy atom. The summed E-state index contributed by atoms with van der Waals surface area (Å²) in [7, 11) is 1.19. The van der Waals surface area contributed by atoms with Crippen molar-refractivity contribution in [3.63, 3.8) is 0 Å². The van der Waals surface area contributed by atoms with Crippen molar-refractivity contribution in [2.24, 2.45) is 0 Å². The van der Waals surface area contributed by atoms with E-state index in [0.29, 0.717) is 23.1 Å². The number of thioether (sulfide) groups is 1. The number of halogens is 1. The largest absolute Gasteiger partial charge is 0.465 e. The number of carbonyl (C=O) groups is 4. The molecule has 1 aliphatic rings. The number of nitrogens with one attached hydrogen (secondary N) is 1. The van der Waals surface area contributed by atoms with Crippen LogP contribution in [-0.4, -0.2) is 46.5 Å². The number of imide groups is 1. The average molecular weight is 542 g/mol. The lowest BCUT2D eigenvalue weighted by molar-refractivity contribution is -0.384. The van der Waals surface area contributed by atoms with Gasteiger partial charge in [-0.05, 0) is 42.1 Å². The van der Waals surface area contributed by atoms with Gasteiger partial charge >= 0.3 is 5.97 Å². The number of furan rings is 1. The maximum Gasteiger partial charge on any atom is 0.339 e. The number of anilines is 1. The first kappa shape index (κ1) is 25.7. The minimum absolute atomic E-state index is 0.0391. The molecule has 1 fully saturated rings. The van der Waals surface area contributed by atoms with E-state index in [-0.39, 0.29) is 32.6 Å². The Morgan fingerprint density at radius 1 is 1.19 bits per heavy atom. The number of esters is 1. The van der Waals surface area contributed by atoms with Crippen LogP contribution in [0.1, 0.15) is 16.1 Å². The van der Waals surface area contributed by atoms with Gasteiger partial charge in [-0.3, -0.25) is 29.4 Å². The number of hydrogen-bond acceptors (Lipinski definition) is 9. The standard InChI is InChI=1S/C24H16ClN3O8S/c1-35-23(31)17-10-14(5-7-18(17)25)26-21(29)12-27-22(30)20(37-24(27)32)11-16-6-8-19(36-16)13-3-2-4-15(9-13)28(33)34/h2-11H,12H2,1H3,(H,26,29)/b20-11+. The van der Waals surface area contributed by atoms with Gasteiger partial charge in [0.15, 0.2) is 0 Å². The van der Waals surface area contributed by atoms with Gasteiger partial charge in [0.2, 0.25) is 5.91 Å². The van der Waals surface area contributed by atoms with E-state index in [1.165, 1.54) is 49.6 Å². The third-order valence-corrected chi connectivity index (χ3v) is 6.31. The van der Waals surface area contributed by atoms with E-state index in [1.54, 1.807) is 18.2 Å². The summed E-state index contributed by atoms with van der Waals surface area (Å²) in [6.45, 7) is -0.560. The van der Waals surface area contributed by atoms with Crippen LogP contribution in [0.15, 0.2) is 63.9 Å². The zero-order chi connectivity index (χ0) is 26.7. The van der Waals surface area contributed by atoms with Crippen molar-refractivity contribution in [2.75, 3.05) is 19.0 Å². The summed E-state index contributed by atoms with van der Waals surface area (Å²) in [6, 6.07) is 13.2. The van der Waals surface area contributed by atoms with Crippen LogP contribution in [0.2, 0.25) is 5.02 Å². The molecule has 1 saturated heterocycles. The van der Waals surface area contributed by atoms with Gasteiger partial charge < -0.3 is 14.5 Å². The van der Waals surface area contributed by atoms with Gasteiger partial charge in [-0.25, -0.2) is 4.79 Å². The summed E-state index contributed by atoms with van der Waals surface area (Å²) in [5, 5.41) is 13.0. The molecule has 2 heterocycles. The van der Waals surface area contributed by atoms with Gasteiger partial charge in [-0.1, -0.05) is 23.7 Å². The number of benzene rings is 2. The summed E-state index contributed by atoms with van der Waals surface area (Å²) in [5.41, 5.74) is 0.631. The van der Waals surface area contributed by atoms with E-state index in [4.69, 9.17) is 16.0 Å². The first-order valence-corrected chi connectivity index (χ1v) is 11.6. The van der Waals surface area contributed by atoms with Crippen LogP contribution >= 0.6 is 23.4 Å². The number of carbonyl (C=O) groups excluding carboxylic acids is 4. The van der Waals surface area contributed by atoms with Gasteiger partial charge in [0.25, 0.3) is 16.8 Å². The Labute approximate surface area is 218 Å². The molecule has 3 aromatic rings. The summed E-state index contributed by atoms with van der Waals surface area (Å²) >= 11 is 6.60. The molecule has 0 atom stereocenters. The maximum atomic E-state index is 12.8. The molecule has 3 amide bonds. The Bertz CT molecular complexity index is 1480. The molecular formula is C24H16ClN3O8S. The van der Waals surface area contributed by atoms with Crippen molar-refractivity contribution < 1.29 is 33.3 Å². The van der Waals surface area contributed by atoms with Gasteiger partial charge in [-0.2, -0.15) is 0 Å². The SMILES string of the molecule is COC(=O)c1cc(NC(=O)CN2C(=O)S/C(=C/c3ccc(-c4cccc([N+](=O)[O-])c4)o3)C2=O)ccc1Cl. The molecule has 1 aromatic heterocycles. The summed E-state index contributed by atoms with van der Waals surface area (Å²) < 4.78 is 10.3. The van der Waals surface area contributed by atoms with E-state index in [0.717, 1.165) is 4.90 Å². The fraction of sp³-hybridized carbons (Fsp3) is 0.0833. The molecule has 0 spiro atoms. The summed E-state index contributed by atoms with van der Waals surface area (Å²) in [5.74, 6) is -1.47. The number of nitro benzene ring substituents is 1. The minimum Gasteiger partial charge on any atom is -0.465 e. The number of non-ortho nitro benzene ring substituents is 1. The third-order valence-electron chi connectivity index (χ3n) is 5.07. The van der Waals surface area contributed by atoms with Gasteiger partial charge in [0, 0.05) is 29.5 Å². The Hall–Kier alpha value is -4.42. The molecule has 11 nitrogen and oxygen atoms in total. The fourth-order valence-electron chi connectivity index (χ4n) is 3.34. The first-order valence-electron chi connectivity index (χ1n) is 10.4. The Balaban J connectivity index is 1.45. The van der Waals surface area contributed by atoms with Crippen molar-refractivity contribution in [2.45, 2.75) is 0 Å². The van der Waals surface area contributed by atoms with Crippen LogP contribution in [0.3, 0.4) is 0 Å². The van der Waals surface area contributed by atoms with Crippen LogP contribution in [0.5, 0.6) is 0 Å². The molecule has 0 unspecified atom stereocenters. The van der Waals surface area contributed by atoms with Crippen molar-refractivity contribution in [1.29, 1.82) is 0 Å². The van der Waals surface area contributed by atoms with Crippen LogP contribution in [0.4, 0.5) is 16.2 Å². The lowest BCUT2D eigenvalue weighted by Crippen LogP contribution is -2.36. The molecule has 188 valence electrons. The zero-order valence-electron chi connectivity index (χ0n) is 18.9. The molecule has 4 rings (SSSR count). The second-order valence-electron chi connectivity index (χ2n) is 7.51. The predicted octanol–water partition coefficient (Wildman–Crippen LogP) is 4.97. The van der Waals surface area contributed by atoms with Crippen molar-refractivity contribution in [1.82, 2.24) is 4.90 Å². The number of ether oxygens (including phenoxy) is 1. The molecular weight excluding hydrogens is 526 g/mol. The predicted molar refractivity (Wildman–Crippen MR) is 135 cm³/mol. The minimum atomic E-state index is -0.691. The monoisotopic (exact) mass is 541 g/mol. The highest BCUT2D eigenvalue weighted by Gasteiger charge is 2.36. The third kappa shape index (κ3) is 5.71. The molecule has 1 aliphatic heterocycles. The molecule has 37 heavy (non-hydrogen) atoms. The van der Waals surface area contributed by atoms with Gasteiger partial charge in [-0.15, -0.1) is 0 Å². The zero-order valence-corrected chi connectivity index (χ0v) is 20.5. The lowest BCUT2D eigenvalue weighted by Gasteiger charge is -2.13. The molecule has 0 bridgehead atoms. The highest BCUT2D eigenvalue weighted by molar-refractivity contribution is 8.18. The van der Waals surface area contributed by atoms with Crippen molar-refractivity contribution in [3.05, 3.63) is 86.0 Å². The lowest BCUT2D eigenvalue weighted by atomic mass is 10.1. The average Bonchev–Trinajstić information content (AvgIpc) is 3.45.